The van der Waals surface area contributed by atoms with Crippen molar-refractivity contribution in [1.29, 1.82) is 0 Å². The van der Waals surface area contributed by atoms with Crippen LogP contribution in [-0.2, 0) is 0 Å². The highest BCUT2D eigenvalue weighted by atomic mass is 35.5. The van der Waals surface area contributed by atoms with Crippen molar-refractivity contribution < 1.29 is 4.39 Å². The Balaban J connectivity index is 1.40. The number of halogens is 2. The fourth-order valence-electron chi connectivity index (χ4n) is 4.95. The van der Waals surface area contributed by atoms with Gasteiger partial charge >= 0.3 is 0 Å². The molecule has 138 valence electrons. The van der Waals surface area contributed by atoms with Gasteiger partial charge in [0, 0.05) is 5.02 Å². The van der Waals surface area contributed by atoms with Crippen LogP contribution in [0, 0.1) is 17.8 Å². The minimum atomic E-state index is -0.185. The molecule has 3 rings (SSSR count). The second-order valence-electron chi connectivity index (χ2n) is 8.10. The van der Waals surface area contributed by atoms with Crippen LogP contribution in [0.1, 0.15) is 75.7 Å². The van der Waals surface area contributed by atoms with Crippen molar-refractivity contribution in [3.05, 3.63) is 47.0 Å². The summed E-state index contributed by atoms with van der Waals surface area (Å²) in [6.45, 7) is -0.185. The van der Waals surface area contributed by atoms with Gasteiger partial charge in [0.25, 0.3) is 0 Å². The van der Waals surface area contributed by atoms with Crippen LogP contribution in [0.4, 0.5) is 4.39 Å². The summed E-state index contributed by atoms with van der Waals surface area (Å²) in [7, 11) is 0. The number of hydrogen-bond acceptors (Lipinski definition) is 0. The van der Waals surface area contributed by atoms with E-state index in [1.165, 1.54) is 56.9 Å². The van der Waals surface area contributed by atoms with E-state index in [-0.39, 0.29) is 6.67 Å². The third-order valence-corrected chi connectivity index (χ3v) is 6.76. The molecule has 2 fully saturated rings. The minimum absolute atomic E-state index is 0.185. The van der Waals surface area contributed by atoms with Gasteiger partial charge in [0.2, 0.25) is 0 Å². The zero-order valence-corrected chi connectivity index (χ0v) is 16.1. The number of hydrogen-bond donors (Lipinski definition) is 0. The maximum Gasteiger partial charge on any atom is 0.0897 e. The van der Waals surface area contributed by atoms with E-state index in [9.17, 15) is 4.39 Å². The fraction of sp³-hybridized carbons (Fsp3) is 0.652. The maximum absolute atomic E-state index is 12.1. The predicted molar refractivity (Wildman–Crippen MR) is 106 cm³/mol. The smallest absolute Gasteiger partial charge is 0.0897 e. The molecule has 0 spiro atoms. The van der Waals surface area contributed by atoms with E-state index < -0.39 is 0 Å². The maximum atomic E-state index is 12.1. The van der Waals surface area contributed by atoms with Crippen molar-refractivity contribution in [1.82, 2.24) is 0 Å². The van der Waals surface area contributed by atoms with Gasteiger partial charge in [-0.3, -0.25) is 4.39 Å². The van der Waals surface area contributed by atoms with Gasteiger partial charge < -0.3 is 0 Å². The average molecular weight is 363 g/mol. The summed E-state index contributed by atoms with van der Waals surface area (Å²) in [6.07, 6.45) is 17.1. The molecule has 0 aliphatic heterocycles. The molecule has 0 nitrogen and oxygen atoms in total. The van der Waals surface area contributed by atoms with Gasteiger partial charge in [-0.15, -0.1) is 0 Å². The van der Waals surface area contributed by atoms with Gasteiger partial charge in [-0.1, -0.05) is 35.9 Å². The van der Waals surface area contributed by atoms with E-state index in [0.717, 1.165) is 35.1 Å². The van der Waals surface area contributed by atoms with Crippen LogP contribution in [0.2, 0.25) is 5.02 Å². The molecule has 0 unspecified atom stereocenters. The number of benzene rings is 1. The van der Waals surface area contributed by atoms with Crippen LogP contribution < -0.4 is 0 Å². The van der Waals surface area contributed by atoms with E-state index >= 15 is 0 Å². The number of rotatable bonds is 6. The van der Waals surface area contributed by atoms with Crippen molar-refractivity contribution in [2.45, 2.75) is 70.1 Å². The van der Waals surface area contributed by atoms with Crippen LogP contribution in [0.15, 0.2) is 36.4 Å². The number of unbranched alkanes of at least 4 members (excludes halogenated alkanes) is 1. The highest BCUT2D eigenvalue weighted by molar-refractivity contribution is 6.30. The zero-order chi connectivity index (χ0) is 17.5. The first-order chi connectivity index (χ1) is 12.3. The summed E-state index contributed by atoms with van der Waals surface area (Å²) in [4.78, 5) is 0. The Bertz CT molecular complexity index is 520. The molecule has 0 radical (unpaired) electrons. The summed E-state index contributed by atoms with van der Waals surface area (Å²) >= 11 is 6.01. The molecule has 25 heavy (non-hydrogen) atoms. The zero-order valence-electron chi connectivity index (χ0n) is 15.3. The van der Waals surface area contributed by atoms with Gasteiger partial charge in [0.15, 0.2) is 0 Å². The van der Waals surface area contributed by atoms with Crippen LogP contribution in [0.25, 0.3) is 0 Å². The van der Waals surface area contributed by atoms with Crippen LogP contribution >= 0.6 is 11.6 Å². The molecule has 0 atom stereocenters. The SMILES string of the molecule is FCCC/C=C/[C@H]1CC[C@H](C2CCC(c3ccc(Cl)cc3)CC2)CC1. The van der Waals surface area contributed by atoms with Gasteiger partial charge in [0.05, 0.1) is 6.67 Å². The summed E-state index contributed by atoms with van der Waals surface area (Å²) < 4.78 is 12.1. The first kappa shape index (κ1) is 19.0. The van der Waals surface area contributed by atoms with Crippen LogP contribution in [0.5, 0.6) is 0 Å². The Labute approximate surface area is 157 Å². The van der Waals surface area contributed by atoms with E-state index in [0.29, 0.717) is 6.42 Å². The van der Waals surface area contributed by atoms with Gasteiger partial charge in [-0.2, -0.15) is 0 Å². The molecule has 0 amide bonds. The number of allylic oxidation sites excluding steroid dienone is 2. The van der Waals surface area contributed by atoms with Crippen molar-refractivity contribution in [3.8, 4) is 0 Å². The van der Waals surface area contributed by atoms with E-state index in [1.54, 1.807) is 0 Å². The normalized spacial score (nSPS) is 30.6. The first-order valence-electron chi connectivity index (χ1n) is 10.2. The summed E-state index contributed by atoms with van der Waals surface area (Å²) in [5.74, 6) is 3.38. The van der Waals surface area contributed by atoms with Crippen molar-refractivity contribution >= 4 is 11.6 Å². The van der Waals surface area contributed by atoms with Gasteiger partial charge in [-0.25, -0.2) is 0 Å². The topological polar surface area (TPSA) is 0 Å². The average Bonchev–Trinajstić information content (AvgIpc) is 2.67. The van der Waals surface area contributed by atoms with E-state index in [2.05, 4.69) is 24.3 Å². The number of alkyl halides is 1. The molecule has 0 N–H and O–H groups in total. The van der Waals surface area contributed by atoms with Gasteiger partial charge in [-0.05, 0) is 106 Å². The second-order valence-corrected chi connectivity index (χ2v) is 8.53. The second kappa shape index (κ2) is 9.76. The molecule has 2 aliphatic carbocycles. The molecule has 0 aromatic heterocycles. The largest absolute Gasteiger partial charge is 0.251 e. The van der Waals surface area contributed by atoms with Crippen molar-refractivity contribution in [2.75, 3.05) is 6.67 Å². The minimum Gasteiger partial charge on any atom is -0.251 e. The van der Waals surface area contributed by atoms with Crippen LogP contribution in [-0.4, -0.2) is 6.67 Å². The molecule has 1 aromatic carbocycles. The Morgan fingerprint density at radius 3 is 2.08 bits per heavy atom. The molecule has 2 saturated carbocycles. The Kier molecular flexibility index (Phi) is 7.40. The highest BCUT2D eigenvalue weighted by Gasteiger charge is 2.30. The molecule has 0 heterocycles. The monoisotopic (exact) mass is 362 g/mol. The highest BCUT2D eigenvalue weighted by Crippen LogP contribution is 2.44. The first-order valence-corrected chi connectivity index (χ1v) is 10.6. The Morgan fingerprint density at radius 2 is 1.48 bits per heavy atom. The lowest BCUT2D eigenvalue weighted by molar-refractivity contribution is 0.171. The van der Waals surface area contributed by atoms with Gasteiger partial charge in [0.1, 0.15) is 0 Å². The van der Waals surface area contributed by atoms with E-state index in [4.69, 9.17) is 11.6 Å². The predicted octanol–water partition coefficient (Wildman–Crippen LogP) is 7.73. The van der Waals surface area contributed by atoms with Crippen molar-refractivity contribution in [3.63, 3.8) is 0 Å². The fourth-order valence-corrected chi connectivity index (χ4v) is 5.08. The molecule has 2 aliphatic rings. The Hall–Kier alpha value is -0.820. The lowest BCUT2D eigenvalue weighted by Crippen LogP contribution is -2.25. The molecular weight excluding hydrogens is 331 g/mol. The summed E-state index contributed by atoms with van der Waals surface area (Å²) in [6, 6.07) is 8.50. The summed E-state index contributed by atoms with van der Waals surface area (Å²) in [5, 5.41) is 0.841. The van der Waals surface area contributed by atoms with Crippen LogP contribution in [0.3, 0.4) is 0 Å². The quantitative estimate of drug-likeness (QED) is 0.358. The standard InChI is InChI=1S/C23H32ClF/c24-23-15-13-22(14-16-23)21-11-9-20(10-12-21)19-7-5-18(6-8-19)4-2-1-3-17-25/h2,4,13-16,18-21H,1,3,5-12,17H2/b4-2+/t18-,19-,20?,21?. The third kappa shape index (κ3) is 5.58. The lowest BCUT2D eigenvalue weighted by atomic mass is 9.68. The molecule has 0 bridgehead atoms. The molecule has 2 heteroatoms. The third-order valence-electron chi connectivity index (χ3n) is 6.51. The Morgan fingerprint density at radius 1 is 0.880 bits per heavy atom. The van der Waals surface area contributed by atoms with Crippen molar-refractivity contribution in [2.24, 2.45) is 17.8 Å². The molecule has 0 saturated heterocycles. The molecule has 1 aromatic rings. The van der Waals surface area contributed by atoms with E-state index in [1.807, 2.05) is 12.1 Å². The molecular formula is C23H32ClF. The lowest BCUT2D eigenvalue weighted by Gasteiger charge is -2.37. The summed E-state index contributed by atoms with van der Waals surface area (Å²) in [5.41, 5.74) is 1.48.